The van der Waals surface area contributed by atoms with Crippen molar-refractivity contribution in [2.45, 2.75) is 135 Å². The van der Waals surface area contributed by atoms with E-state index in [9.17, 15) is 33.1 Å². The summed E-state index contributed by atoms with van der Waals surface area (Å²) in [7, 11) is 1.62. The van der Waals surface area contributed by atoms with Crippen LogP contribution in [0.3, 0.4) is 0 Å². The monoisotopic (exact) mass is 1250 g/mol. The number of aliphatic hydroxyl groups excluding tert-OH is 1. The van der Waals surface area contributed by atoms with Crippen LogP contribution in [0.2, 0.25) is 0 Å². The quantitative estimate of drug-likeness (QED) is 0.0327. The average molecular weight is 1250 g/mol. The van der Waals surface area contributed by atoms with Crippen molar-refractivity contribution in [2.24, 2.45) is 5.41 Å². The fraction of sp³-hybridized carbons (Fsp3) is 0.667. The topological polar surface area (TPSA) is 244 Å². The van der Waals surface area contributed by atoms with Gasteiger partial charge in [0.15, 0.2) is 11.5 Å². The summed E-state index contributed by atoms with van der Waals surface area (Å²) in [5, 5.41) is 23.8. The second kappa shape index (κ2) is 33.8. The number of halogens is 2. The lowest BCUT2D eigenvalue weighted by Crippen LogP contribution is -2.57. The number of benzene rings is 2. The molecule has 3 atom stereocenters. The largest absolute Gasteiger partial charge is 0.493 e. The number of carbonyl (C=O) groups is 4. The van der Waals surface area contributed by atoms with E-state index in [1.54, 1.807) is 18.4 Å². The van der Waals surface area contributed by atoms with E-state index < -0.39 is 35.4 Å². The van der Waals surface area contributed by atoms with Gasteiger partial charge in [-0.15, -0.1) is 11.3 Å². The lowest BCUT2D eigenvalue weighted by atomic mass is 9.85. The summed E-state index contributed by atoms with van der Waals surface area (Å²) >= 11 is 1.57. The highest BCUT2D eigenvalue weighted by atomic mass is 32.1. The molecule has 4 fully saturated rings. The molecular weight excluding hydrogens is 1160 g/mol. The van der Waals surface area contributed by atoms with E-state index in [4.69, 9.17) is 38.4 Å². The molecule has 0 saturated carbocycles. The summed E-state index contributed by atoms with van der Waals surface area (Å²) in [5.41, 5.74) is 4.68. The van der Waals surface area contributed by atoms with Crippen LogP contribution in [0, 0.1) is 12.3 Å². The Balaban J connectivity index is 0.633. The highest BCUT2D eigenvalue weighted by Gasteiger charge is 2.44. The molecule has 0 bridgehead atoms. The van der Waals surface area contributed by atoms with Crippen molar-refractivity contribution in [3.8, 4) is 21.9 Å². The number of aryl methyl sites for hydroxylation is 1. The molecule has 6 heterocycles. The number of aliphatic hydroxyl groups is 1. The van der Waals surface area contributed by atoms with Crippen LogP contribution in [0.15, 0.2) is 41.9 Å². The van der Waals surface area contributed by atoms with Crippen LogP contribution in [0.4, 0.5) is 20.5 Å². The summed E-state index contributed by atoms with van der Waals surface area (Å²) in [4.78, 5) is 76.4. The molecule has 486 valence electrons. The Kier molecular flexibility index (Phi) is 26.1. The van der Waals surface area contributed by atoms with E-state index in [0.717, 1.165) is 92.0 Å². The number of alkyl halides is 2. The highest BCUT2D eigenvalue weighted by molar-refractivity contribution is 7.13. The number of anilines is 2. The number of β-amino-alcohol motifs (C(OH)–C–C–N with tert-alkyl or cyclic N) is 1. The first kappa shape index (κ1) is 68.0. The number of likely N-dealkylation sites (tertiary alicyclic amines) is 3. The molecule has 22 nitrogen and oxygen atoms in total. The Bertz CT molecular complexity index is 2840. The number of thiazole rings is 1. The molecule has 0 aliphatic carbocycles. The van der Waals surface area contributed by atoms with Gasteiger partial charge in [0.1, 0.15) is 17.9 Å². The van der Waals surface area contributed by atoms with Crippen molar-refractivity contribution in [1.82, 2.24) is 45.6 Å². The maximum absolute atomic E-state index is 14.2. The van der Waals surface area contributed by atoms with Crippen LogP contribution in [0.5, 0.6) is 11.5 Å². The molecule has 0 unspecified atom stereocenters. The number of fused-ring (bicyclic) bond motifs is 1. The molecule has 4 aliphatic heterocycles. The molecule has 5 N–H and O–H groups in total. The van der Waals surface area contributed by atoms with Gasteiger partial charge in [-0.3, -0.25) is 19.2 Å². The zero-order valence-corrected chi connectivity index (χ0v) is 52.9. The Morgan fingerprint density at radius 2 is 1.42 bits per heavy atom. The molecule has 4 saturated heterocycles. The number of hydrogen-bond acceptors (Lipinski definition) is 19. The minimum atomic E-state index is -2.69. The van der Waals surface area contributed by atoms with Crippen molar-refractivity contribution in [2.75, 3.05) is 142 Å². The maximum atomic E-state index is 14.2. The summed E-state index contributed by atoms with van der Waals surface area (Å²) < 4.78 is 62.8. The van der Waals surface area contributed by atoms with Gasteiger partial charge in [-0.2, -0.15) is 4.98 Å². The van der Waals surface area contributed by atoms with Crippen LogP contribution in [0.1, 0.15) is 103 Å². The molecular formula is C63H93F2N11O11S. The van der Waals surface area contributed by atoms with Gasteiger partial charge in [0.25, 0.3) is 5.92 Å². The van der Waals surface area contributed by atoms with E-state index >= 15 is 0 Å². The van der Waals surface area contributed by atoms with Gasteiger partial charge in [0.2, 0.25) is 29.6 Å². The lowest BCUT2D eigenvalue weighted by molar-refractivity contribution is -0.144. The Hall–Kier alpha value is -5.93. The van der Waals surface area contributed by atoms with Gasteiger partial charge in [0, 0.05) is 102 Å². The highest BCUT2D eigenvalue weighted by Crippen LogP contribution is 2.38. The van der Waals surface area contributed by atoms with Crippen LogP contribution < -0.4 is 35.6 Å². The number of piperidine rings is 2. The first-order chi connectivity index (χ1) is 42.4. The predicted molar refractivity (Wildman–Crippen MR) is 333 cm³/mol. The molecule has 25 heteroatoms. The van der Waals surface area contributed by atoms with Gasteiger partial charge >= 0.3 is 0 Å². The number of methoxy groups -OCH3 is 1. The first-order valence-electron chi connectivity index (χ1n) is 31.4. The van der Waals surface area contributed by atoms with Crippen LogP contribution in [-0.4, -0.2) is 221 Å². The standard InChI is InChI=1S/C63H93F2N11O11S/c1-44-56(88-43-68-44)46-12-10-45(11-13-46)41-67-59(80)51-38-48(77)42-76(51)60(81)57(62(2,3)4)71-55(79)17-31-84-33-35-86-37-36-85-34-32-83-30-16-54(78)66-20-8-23-74-25-14-47(15-26-74)69-58-49-39-52(82-5)53(87-29-9-24-73-21-6-7-22-73)40-50(49)70-61(72-58)75-27-18-63(64,65)19-28-75/h10-13,39-40,43,47-48,51,57,77H,6-9,14-38,41-42H2,1-5H3,(H,66,78)(H,67,80)(H,71,79)(H,69,70,72)/t48-,51+,57-/m1/s1. The normalized spacial score (nSPS) is 18.8. The third-order valence-corrected chi connectivity index (χ3v) is 17.5. The lowest BCUT2D eigenvalue weighted by Gasteiger charge is -2.35. The van der Waals surface area contributed by atoms with Crippen molar-refractivity contribution in [3.05, 3.63) is 53.2 Å². The Labute approximate surface area is 520 Å². The van der Waals surface area contributed by atoms with Crippen LogP contribution >= 0.6 is 11.3 Å². The summed E-state index contributed by atoms with van der Waals surface area (Å²) in [6.07, 6.45) is 4.96. The minimum absolute atomic E-state index is 0.0120. The average Bonchev–Trinajstić information content (AvgIpc) is 1.21. The van der Waals surface area contributed by atoms with Gasteiger partial charge in [-0.05, 0) is 87.7 Å². The van der Waals surface area contributed by atoms with Crippen LogP contribution in [0.25, 0.3) is 21.3 Å². The zero-order valence-electron chi connectivity index (χ0n) is 52.1. The van der Waals surface area contributed by atoms with Crippen molar-refractivity contribution in [3.63, 3.8) is 0 Å². The van der Waals surface area contributed by atoms with Gasteiger partial charge in [-0.1, -0.05) is 45.0 Å². The van der Waals surface area contributed by atoms with E-state index in [1.165, 1.54) is 17.7 Å². The van der Waals surface area contributed by atoms with Gasteiger partial charge in [0.05, 0.1) is 94.3 Å². The van der Waals surface area contributed by atoms with Crippen molar-refractivity contribution in [1.29, 1.82) is 0 Å². The fourth-order valence-corrected chi connectivity index (χ4v) is 12.2. The number of carbonyl (C=O) groups excluding carboxylic acids is 4. The second-order valence-corrected chi connectivity index (χ2v) is 25.2. The molecule has 4 aliphatic rings. The molecule has 88 heavy (non-hydrogen) atoms. The van der Waals surface area contributed by atoms with E-state index in [-0.39, 0.29) is 102 Å². The minimum Gasteiger partial charge on any atom is -0.493 e. The molecule has 2 aromatic heterocycles. The molecule has 0 radical (unpaired) electrons. The van der Waals surface area contributed by atoms with Gasteiger partial charge in [-0.25, -0.2) is 18.7 Å². The molecule has 2 aromatic carbocycles. The number of amides is 4. The maximum Gasteiger partial charge on any atom is 0.251 e. The molecule has 4 aromatic rings. The van der Waals surface area contributed by atoms with E-state index in [0.29, 0.717) is 75.0 Å². The SMILES string of the molecule is COc1cc2c(NC3CCN(CCCNC(=O)CCOCCOCCOCCOCCC(=O)N[C@H](C(=O)N4C[C@H](O)C[C@H]4C(=O)NCc4ccc(-c5scnc5C)cc4)C(C)(C)C)CC3)nc(N3CCC(F)(F)CC3)nc2cc1OCCCN1CCCC1. The zero-order chi connectivity index (χ0) is 62.5. The second-order valence-electron chi connectivity index (χ2n) is 24.3. The third kappa shape index (κ3) is 20.8. The third-order valence-electron chi connectivity index (χ3n) is 16.5. The number of rotatable bonds is 34. The van der Waals surface area contributed by atoms with Gasteiger partial charge < -0.3 is 74.4 Å². The number of nitrogens with zero attached hydrogens (tertiary/aromatic N) is 7. The number of hydrogen-bond donors (Lipinski definition) is 5. The predicted octanol–water partition coefficient (Wildman–Crippen LogP) is 6.21. The Morgan fingerprint density at radius 1 is 0.784 bits per heavy atom. The van der Waals surface area contributed by atoms with E-state index in [2.05, 4.69) is 36.1 Å². The number of aromatic nitrogens is 3. The fourth-order valence-electron chi connectivity index (χ4n) is 11.4. The van der Waals surface area contributed by atoms with Crippen molar-refractivity contribution >= 4 is 57.6 Å². The molecule has 0 spiro atoms. The number of ether oxygens (including phenoxy) is 6. The molecule has 4 amide bonds. The Morgan fingerprint density at radius 3 is 2.06 bits per heavy atom. The summed E-state index contributed by atoms with van der Waals surface area (Å²) in [6, 6.07) is 9.97. The first-order valence-corrected chi connectivity index (χ1v) is 32.3. The molecule has 8 rings (SSSR count). The summed E-state index contributed by atoms with van der Waals surface area (Å²) in [5.74, 6) is -1.67. The number of nitrogens with one attached hydrogen (secondary N) is 4. The van der Waals surface area contributed by atoms with E-state index in [1.807, 2.05) is 74.5 Å². The van der Waals surface area contributed by atoms with Crippen molar-refractivity contribution < 1.29 is 61.5 Å². The van der Waals surface area contributed by atoms with Crippen LogP contribution in [-0.2, 0) is 44.7 Å². The smallest absolute Gasteiger partial charge is 0.251 e. The summed E-state index contributed by atoms with van der Waals surface area (Å²) in [6.45, 7) is 17.3.